The van der Waals surface area contributed by atoms with Gasteiger partial charge in [-0.2, -0.15) is 5.10 Å². The van der Waals surface area contributed by atoms with Gasteiger partial charge in [0.1, 0.15) is 0 Å². The lowest BCUT2D eigenvalue weighted by atomic mass is 10.3. The first kappa shape index (κ1) is 9.83. The molecule has 2 aromatic rings. The third-order valence-electron chi connectivity index (χ3n) is 2.40. The maximum Gasteiger partial charge on any atom is 0.0825 e. The smallest absolute Gasteiger partial charge is 0.0825 e. The van der Waals surface area contributed by atoms with Crippen molar-refractivity contribution in [1.82, 2.24) is 14.8 Å². The molecular formula is C11H16N4. The van der Waals surface area contributed by atoms with Crippen LogP contribution in [-0.2, 0) is 13.1 Å². The van der Waals surface area contributed by atoms with Crippen LogP contribution in [0, 0.1) is 6.92 Å². The summed E-state index contributed by atoms with van der Waals surface area (Å²) in [5.41, 5.74) is 3.33. The van der Waals surface area contributed by atoms with Crippen molar-refractivity contribution in [3.63, 3.8) is 0 Å². The van der Waals surface area contributed by atoms with E-state index in [9.17, 15) is 0 Å². The van der Waals surface area contributed by atoms with Crippen molar-refractivity contribution in [1.29, 1.82) is 0 Å². The van der Waals surface area contributed by atoms with Gasteiger partial charge < -0.3 is 10.3 Å². The Morgan fingerprint density at radius 2 is 2.40 bits per heavy atom. The maximum atomic E-state index is 4.37. The van der Waals surface area contributed by atoms with E-state index < -0.39 is 0 Å². The molecule has 0 bridgehead atoms. The Kier molecular flexibility index (Phi) is 2.76. The molecule has 0 radical (unpaired) electrons. The third kappa shape index (κ3) is 2.21. The Morgan fingerprint density at radius 1 is 1.53 bits per heavy atom. The lowest BCUT2D eigenvalue weighted by molar-refractivity contribution is 0.653. The molecule has 0 unspecified atom stereocenters. The number of rotatable bonds is 4. The van der Waals surface area contributed by atoms with E-state index in [-0.39, 0.29) is 0 Å². The predicted molar refractivity (Wildman–Crippen MR) is 60.8 cm³/mol. The van der Waals surface area contributed by atoms with Gasteiger partial charge in [-0.25, -0.2) is 0 Å². The summed E-state index contributed by atoms with van der Waals surface area (Å²) in [6.07, 6.45) is 3.97. The first-order valence-electron chi connectivity index (χ1n) is 5.19. The minimum Gasteiger partial charge on any atom is -0.377 e. The van der Waals surface area contributed by atoms with Gasteiger partial charge in [0.05, 0.1) is 17.9 Å². The van der Waals surface area contributed by atoms with E-state index in [1.165, 1.54) is 5.69 Å². The Morgan fingerprint density at radius 3 is 3.00 bits per heavy atom. The summed E-state index contributed by atoms with van der Waals surface area (Å²) >= 11 is 0. The Balaban J connectivity index is 2.01. The SMILES string of the molecule is CCn1cc(NCc2ccc[nH]2)c(C)n1. The zero-order valence-corrected chi connectivity index (χ0v) is 9.12. The number of hydrogen-bond acceptors (Lipinski definition) is 2. The second kappa shape index (κ2) is 4.21. The van der Waals surface area contributed by atoms with Crippen molar-refractivity contribution in [3.8, 4) is 0 Å². The number of nitrogens with one attached hydrogen (secondary N) is 2. The van der Waals surface area contributed by atoms with E-state index >= 15 is 0 Å². The molecule has 0 amide bonds. The molecule has 0 aliphatic carbocycles. The topological polar surface area (TPSA) is 45.6 Å². The van der Waals surface area contributed by atoms with Gasteiger partial charge in [0, 0.05) is 24.6 Å². The zero-order valence-electron chi connectivity index (χ0n) is 9.12. The zero-order chi connectivity index (χ0) is 10.7. The number of aromatic nitrogens is 3. The fraction of sp³-hybridized carbons (Fsp3) is 0.364. The highest BCUT2D eigenvalue weighted by molar-refractivity contribution is 5.45. The van der Waals surface area contributed by atoms with Crippen molar-refractivity contribution in [2.24, 2.45) is 0 Å². The summed E-state index contributed by atoms with van der Waals surface area (Å²) < 4.78 is 1.94. The average molecular weight is 204 g/mol. The van der Waals surface area contributed by atoms with Crippen molar-refractivity contribution < 1.29 is 0 Å². The highest BCUT2D eigenvalue weighted by atomic mass is 15.3. The standard InChI is InChI=1S/C11H16N4/c1-3-15-8-11(9(2)14-15)13-7-10-5-4-6-12-10/h4-6,8,12-13H,3,7H2,1-2H3. The van der Waals surface area contributed by atoms with Crippen molar-refractivity contribution in [3.05, 3.63) is 35.9 Å². The Labute approximate surface area is 89.3 Å². The van der Waals surface area contributed by atoms with Crippen molar-refractivity contribution >= 4 is 5.69 Å². The van der Waals surface area contributed by atoms with Crippen LogP contribution in [0.1, 0.15) is 18.3 Å². The Hall–Kier alpha value is -1.71. The quantitative estimate of drug-likeness (QED) is 0.801. The number of aryl methyl sites for hydroxylation is 2. The van der Waals surface area contributed by atoms with Crippen LogP contribution < -0.4 is 5.32 Å². The number of H-pyrrole nitrogens is 1. The number of hydrogen-bond donors (Lipinski definition) is 2. The van der Waals surface area contributed by atoms with E-state index in [0.717, 1.165) is 24.5 Å². The molecule has 0 saturated heterocycles. The normalized spacial score (nSPS) is 10.5. The van der Waals surface area contributed by atoms with E-state index in [0.29, 0.717) is 0 Å². The molecule has 0 fully saturated rings. The minimum absolute atomic E-state index is 0.809. The third-order valence-corrected chi connectivity index (χ3v) is 2.40. The van der Waals surface area contributed by atoms with Gasteiger partial charge in [-0.05, 0) is 26.0 Å². The van der Waals surface area contributed by atoms with Gasteiger partial charge in [0.2, 0.25) is 0 Å². The number of anilines is 1. The molecule has 2 N–H and O–H groups in total. The summed E-state index contributed by atoms with van der Waals surface area (Å²) in [7, 11) is 0. The van der Waals surface area contributed by atoms with Gasteiger partial charge in [0.25, 0.3) is 0 Å². The van der Waals surface area contributed by atoms with Gasteiger partial charge in [0.15, 0.2) is 0 Å². The van der Waals surface area contributed by atoms with Crippen LogP contribution in [-0.4, -0.2) is 14.8 Å². The highest BCUT2D eigenvalue weighted by Crippen LogP contribution is 2.13. The summed E-state index contributed by atoms with van der Waals surface area (Å²) in [6.45, 7) is 5.82. The fourth-order valence-corrected chi connectivity index (χ4v) is 1.52. The van der Waals surface area contributed by atoms with E-state index in [1.54, 1.807) is 0 Å². The lowest BCUT2D eigenvalue weighted by Crippen LogP contribution is -1.99. The number of aromatic amines is 1. The molecule has 2 rings (SSSR count). The van der Waals surface area contributed by atoms with Gasteiger partial charge >= 0.3 is 0 Å². The Bertz CT molecular complexity index is 414. The first-order valence-corrected chi connectivity index (χ1v) is 5.19. The minimum atomic E-state index is 0.809. The first-order chi connectivity index (χ1) is 7.29. The molecule has 0 aromatic carbocycles. The molecule has 2 aromatic heterocycles. The lowest BCUT2D eigenvalue weighted by Gasteiger charge is -2.01. The monoisotopic (exact) mass is 204 g/mol. The molecule has 0 aliphatic heterocycles. The fourth-order valence-electron chi connectivity index (χ4n) is 1.52. The van der Waals surface area contributed by atoms with Crippen LogP contribution >= 0.6 is 0 Å². The second-order valence-corrected chi connectivity index (χ2v) is 3.53. The molecule has 0 spiro atoms. The summed E-state index contributed by atoms with van der Waals surface area (Å²) in [5, 5.41) is 7.73. The molecule has 0 saturated carbocycles. The van der Waals surface area contributed by atoms with Gasteiger partial charge in [-0.15, -0.1) is 0 Å². The van der Waals surface area contributed by atoms with Crippen molar-refractivity contribution in [2.45, 2.75) is 26.9 Å². The van der Waals surface area contributed by atoms with Crippen molar-refractivity contribution in [2.75, 3.05) is 5.32 Å². The number of nitrogens with zero attached hydrogens (tertiary/aromatic N) is 2. The molecule has 80 valence electrons. The molecular weight excluding hydrogens is 188 g/mol. The van der Waals surface area contributed by atoms with E-state index in [4.69, 9.17) is 0 Å². The van der Waals surface area contributed by atoms with Crippen LogP contribution in [0.15, 0.2) is 24.5 Å². The summed E-state index contributed by atoms with van der Waals surface area (Å²) in [5.74, 6) is 0. The molecule has 2 heterocycles. The molecule has 15 heavy (non-hydrogen) atoms. The van der Waals surface area contributed by atoms with Gasteiger partial charge in [-0.1, -0.05) is 0 Å². The summed E-state index contributed by atoms with van der Waals surface area (Å²) in [6, 6.07) is 4.06. The second-order valence-electron chi connectivity index (χ2n) is 3.53. The molecule has 0 atom stereocenters. The van der Waals surface area contributed by atoms with Crippen LogP contribution in [0.5, 0.6) is 0 Å². The molecule has 0 aliphatic rings. The van der Waals surface area contributed by atoms with Crippen LogP contribution in [0.3, 0.4) is 0 Å². The van der Waals surface area contributed by atoms with E-state index in [1.807, 2.05) is 30.1 Å². The van der Waals surface area contributed by atoms with Crippen LogP contribution in [0.2, 0.25) is 0 Å². The van der Waals surface area contributed by atoms with Crippen LogP contribution in [0.25, 0.3) is 0 Å². The molecule has 4 heteroatoms. The van der Waals surface area contributed by atoms with Crippen LogP contribution in [0.4, 0.5) is 5.69 Å². The maximum absolute atomic E-state index is 4.37. The molecule has 4 nitrogen and oxygen atoms in total. The largest absolute Gasteiger partial charge is 0.377 e. The summed E-state index contributed by atoms with van der Waals surface area (Å²) in [4.78, 5) is 3.16. The predicted octanol–water partition coefficient (Wildman–Crippen LogP) is 2.15. The highest BCUT2D eigenvalue weighted by Gasteiger charge is 2.03. The average Bonchev–Trinajstić information content (AvgIpc) is 2.84. The van der Waals surface area contributed by atoms with Gasteiger partial charge in [-0.3, -0.25) is 4.68 Å². The van der Waals surface area contributed by atoms with E-state index in [2.05, 4.69) is 28.4 Å².